The Hall–Kier alpha value is -1.68. The van der Waals surface area contributed by atoms with Gasteiger partial charge in [0.25, 0.3) is 5.56 Å². The van der Waals surface area contributed by atoms with Crippen molar-refractivity contribution < 1.29 is 0 Å². The van der Waals surface area contributed by atoms with Crippen LogP contribution in [0.2, 0.25) is 5.15 Å². The normalized spacial score (nSPS) is 15.4. The van der Waals surface area contributed by atoms with Crippen LogP contribution in [0.25, 0.3) is 16.5 Å². The molecule has 20 heavy (non-hydrogen) atoms. The number of nitrogens with zero attached hydrogens (tertiary/aromatic N) is 3. The minimum Gasteiger partial charge on any atom is -0.299 e. The van der Waals surface area contributed by atoms with Crippen molar-refractivity contribution >= 4 is 28.1 Å². The van der Waals surface area contributed by atoms with E-state index in [1.165, 1.54) is 6.42 Å². The molecule has 0 spiro atoms. The van der Waals surface area contributed by atoms with Gasteiger partial charge in [-0.1, -0.05) is 17.7 Å². The van der Waals surface area contributed by atoms with Gasteiger partial charge in [0.1, 0.15) is 11.0 Å². The third-order valence-corrected chi connectivity index (χ3v) is 4.04. The zero-order valence-electron chi connectivity index (χ0n) is 11.6. The van der Waals surface area contributed by atoms with Crippen LogP contribution in [0, 0.1) is 6.92 Å². The molecule has 0 fully saturated rings. The van der Waals surface area contributed by atoms with Crippen LogP contribution in [-0.2, 0) is 7.05 Å². The van der Waals surface area contributed by atoms with Gasteiger partial charge in [0.05, 0.1) is 16.6 Å². The lowest BCUT2D eigenvalue weighted by Gasteiger charge is -2.15. The van der Waals surface area contributed by atoms with E-state index in [-0.39, 0.29) is 5.56 Å². The fraction of sp³-hybridized carbons (Fsp3) is 0.400. The molecular formula is C15H16ClN3O. The Morgan fingerprint density at radius 2 is 2.10 bits per heavy atom. The molecule has 0 amide bonds. The number of hydrogen-bond acceptors (Lipinski definition) is 3. The Kier molecular flexibility index (Phi) is 3.34. The first kappa shape index (κ1) is 13.3. The van der Waals surface area contributed by atoms with E-state index in [0.717, 1.165) is 24.8 Å². The molecule has 0 aromatic carbocycles. The maximum absolute atomic E-state index is 12.5. The van der Waals surface area contributed by atoms with E-state index < -0.39 is 0 Å². The van der Waals surface area contributed by atoms with E-state index in [0.29, 0.717) is 27.6 Å². The van der Waals surface area contributed by atoms with Crippen molar-refractivity contribution in [1.29, 1.82) is 0 Å². The van der Waals surface area contributed by atoms with Gasteiger partial charge in [-0.3, -0.25) is 9.36 Å². The zero-order valence-corrected chi connectivity index (χ0v) is 12.4. The van der Waals surface area contributed by atoms with E-state index in [2.05, 4.69) is 16.0 Å². The molecule has 1 aliphatic carbocycles. The molecule has 0 unspecified atom stereocenters. The fourth-order valence-corrected chi connectivity index (χ4v) is 2.84. The molecule has 0 saturated carbocycles. The van der Waals surface area contributed by atoms with Gasteiger partial charge in [-0.25, -0.2) is 9.97 Å². The highest BCUT2D eigenvalue weighted by molar-refractivity contribution is 6.30. The minimum atomic E-state index is -0.0573. The lowest BCUT2D eigenvalue weighted by atomic mass is 9.95. The molecule has 1 aliphatic rings. The number of halogens is 1. The highest BCUT2D eigenvalue weighted by Crippen LogP contribution is 2.30. The zero-order chi connectivity index (χ0) is 14.3. The summed E-state index contributed by atoms with van der Waals surface area (Å²) in [6.45, 7) is 1.81. The second kappa shape index (κ2) is 5.02. The number of hydrogen-bond donors (Lipinski definition) is 0. The summed E-state index contributed by atoms with van der Waals surface area (Å²) in [6, 6.07) is 1.66. The predicted molar refractivity (Wildman–Crippen MR) is 81.0 cm³/mol. The Morgan fingerprint density at radius 3 is 2.80 bits per heavy atom. The van der Waals surface area contributed by atoms with Crippen LogP contribution in [0.1, 0.15) is 37.2 Å². The van der Waals surface area contributed by atoms with Gasteiger partial charge in [0.15, 0.2) is 0 Å². The number of allylic oxidation sites excluding steroid dienone is 2. The van der Waals surface area contributed by atoms with Gasteiger partial charge in [-0.05, 0) is 38.2 Å². The Balaban J connectivity index is 2.39. The quantitative estimate of drug-likeness (QED) is 0.757. The average molecular weight is 290 g/mol. The lowest BCUT2D eigenvalue weighted by molar-refractivity contribution is 0.739. The third-order valence-electron chi connectivity index (χ3n) is 3.85. The summed E-state index contributed by atoms with van der Waals surface area (Å²) >= 11 is 6.10. The standard InChI is InChI=1S/C15H16ClN3O/c1-9-17-11-8-12(16)18-14(10-6-4-3-5-7-10)13(11)15(20)19(9)2/h6,8H,3-5,7H2,1-2H3. The molecule has 0 atom stereocenters. The largest absolute Gasteiger partial charge is 0.299 e. The number of aryl methyl sites for hydroxylation is 1. The molecule has 0 bridgehead atoms. The molecule has 0 aliphatic heterocycles. The van der Waals surface area contributed by atoms with Crippen LogP contribution in [0.15, 0.2) is 16.9 Å². The van der Waals surface area contributed by atoms with E-state index in [1.54, 1.807) is 17.7 Å². The Labute approximate surface area is 122 Å². The summed E-state index contributed by atoms with van der Waals surface area (Å²) in [5, 5.41) is 0.967. The fourth-order valence-electron chi connectivity index (χ4n) is 2.65. The van der Waals surface area contributed by atoms with Crippen LogP contribution in [0.3, 0.4) is 0 Å². The molecule has 2 aromatic rings. The predicted octanol–water partition coefficient (Wildman–Crippen LogP) is 3.25. The number of rotatable bonds is 1. The topological polar surface area (TPSA) is 47.8 Å². The van der Waals surface area contributed by atoms with Gasteiger partial charge >= 0.3 is 0 Å². The summed E-state index contributed by atoms with van der Waals surface area (Å²) in [4.78, 5) is 21.4. The first-order valence-corrected chi connectivity index (χ1v) is 7.19. The van der Waals surface area contributed by atoms with Crippen molar-refractivity contribution in [3.63, 3.8) is 0 Å². The van der Waals surface area contributed by atoms with Crippen molar-refractivity contribution in [3.05, 3.63) is 39.2 Å². The average Bonchev–Trinajstić information content (AvgIpc) is 2.45. The second-order valence-electron chi connectivity index (χ2n) is 5.19. The van der Waals surface area contributed by atoms with Gasteiger partial charge in [0, 0.05) is 13.1 Å². The lowest BCUT2D eigenvalue weighted by Crippen LogP contribution is -2.22. The number of pyridine rings is 1. The van der Waals surface area contributed by atoms with E-state index in [9.17, 15) is 4.79 Å². The summed E-state index contributed by atoms with van der Waals surface area (Å²) in [5.41, 5.74) is 2.40. The van der Waals surface area contributed by atoms with Crippen LogP contribution >= 0.6 is 11.6 Å². The van der Waals surface area contributed by atoms with Gasteiger partial charge < -0.3 is 0 Å². The summed E-state index contributed by atoms with van der Waals surface area (Å²) in [7, 11) is 1.73. The summed E-state index contributed by atoms with van der Waals surface area (Å²) < 4.78 is 1.56. The molecule has 104 valence electrons. The molecule has 0 radical (unpaired) electrons. The molecule has 2 aromatic heterocycles. The molecular weight excluding hydrogens is 274 g/mol. The van der Waals surface area contributed by atoms with Crippen LogP contribution in [0.5, 0.6) is 0 Å². The monoisotopic (exact) mass is 289 g/mol. The van der Waals surface area contributed by atoms with Crippen molar-refractivity contribution in [1.82, 2.24) is 14.5 Å². The highest BCUT2D eigenvalue weighted by atomic mass is 35.5. The molecule has 5 heteroatoms. The maximum Gasteiger partial charge on any atom is 0.263 e. The van der Waals surface area contributed by atoms with E-state index in [1.807, 2.05) is 6.92 Å². The molecule has 0 N–H and O–H groups in total. The molecule has 2 heterocycles. The Bertz CT molecular complexity index is 777. The first-order chi connectivity index (χ1) is 9.58. The van der Waals surface area contributed by atoms with Crippen LogP contribution in [0.4, 0.5) is 0 Å². The van der Waals surface area contributed by atoms with E-state index >= 15 is 0 Å². The summed E-state index contributed by atoms with van der Waals surface area (Å²) in [5.74, 6) is 0.674. The number of aromatic nitrogens is 3. The molecule has 4 nitrogen and oxygen atoms in total. The smallest absolute Gasteiger partial charge is 0.263 e. The van der Waals surface area contributed by atoms with Crippen molar-refractivity contribution in [3.8, 4) is 0 Å². The first-order valence-electron chi connectivity index (χ1n) is 6.81. The van der Waals surface area contributed by atoms with Gasteiger partial charge in [0.2, 0.25) is 0 Å². The second-order valence-corrected chi connectivity index (χ2v) is 5.57. The van der Waals surface area contributed by atoms with Crippen LogP contribution < -0.4 is 5.56 Å². The van der Waals surface area contributed by atoms with Crippen molar-refractivity contribution in [2.75, 3.05) is 0 Å². The van der Waals surface area contributed by atoms with Gasteiger partial charge in [-0.2, -0.15) is 0 Å². The molecule has 0 saturated heterocycles. The molecule has 3 rings (SSSR count). The Morgan fingerprint density at radius 1 is 1.30 bits per heavy atom. The number of fused-ring (bicyclic) bond motifs is 1. The van der Waals surface area contributed by atoms with Gasteiger partial charge in [-0.15, -0.1) is 0 Å². The van der Waals surface area contributed by atoms with Crippen molar-refractivity contribution in [2.45, 2.75) is 32.6 Å². The van der Waals surface area contributed by atoms with Crippen molar-refractivity contribution in [2.24, 2.45) is 7.05 Å². The maximum atomic E-state index is 12.5. The highest BCUT2D eigenvalue weighted by Gasteiger charge is 2.17. The minimum absolute atomic E-state index is 0.0573. The van der Waals surface area contributed by atoms with Crippen LogP contribution in [-0.4, -0.2) is 14.5 Å². The SMILES string of the molecule is Cc1nc2cc(Cl)nc(C3=CCCCC3)c2c(=O)n1C. The third kappa shape index (κ3) is 2.14. The summed E-state index contributed by atoms with van der Waals surface area (Å²) in [6.07, 6.45) is 6.46. The van der Waals surface area contributed by atoms with E-state index in [4.69, 9.17) is 11.6 Å².